The number of hydrogen-bond donors (Lipinski definition) is 3. The van der Waals surface area contributed by atoms with Crippen LogP contribution in [0.3, 0.4) is 0 Å². The van der Waals surface area contributed by atoms with Crippen LogP contribution in [-0.2, 0) is 20.4 Å². The summed E-state index contributed by atoms with van der Waals surface area (Å²) in [5, 5.41) is 19.6. The van der Waals surface area contributed by atoms with E-state index < -0.39 is 22.7 Å². The number of hydrogen-bond acceptors (Lipinski definition) is 6. The Morgan fingerprint density at radius 1 is 0.778 bits per heavy atom. The number of aromatic amines is 2. The van der Waals surface area contributed by atoms with E-state index >= 15 is 0 Å². The highest BCUT2D eigenvalue weighted by Gasteiger charge is 2.56. The molecular formula is C44H48F2N6O2. The first-order valence-electron chi connectivity index (χ1n) is 19.3. The molecule has 0 unspecified atom stereocenters. The van der Waals surface area contributed by atoms with Gasteiger partial charge in [-0.15, -0.1) is 0 Å². The van der Waals surface area contributed by atoms with Crippen molar-refractivity contribution < 1.29 is 18.4 Å². The van der Waals surface area contributed by atoms with E-state index in [4.69, 9.17) is 5.10 Å². The summed E-state index contributed by atoms with van der Waals surface area (Å²) in [5.74, 6) is -1.53. The first-order chi connectivity index (χ1) is 25.5. The van der Waals surface area contributed by atoms with Gasteiger partial charge in [0.25, 0.3) is 0 Å². The topological polar surface area (TPSA) is 107 Å². The lowest BCUT2D eigenvalue weighted by atomic mass is 9.59. The number of aromatic nitrogens is 4. The Balaban J connectivity index is 1.25. The highest BCUT2D eigenvalue weighted by atomic mass is 19.3. The van der Waals surface area contributed by atoms with Crippen molar-refractivity contribution in [1.29, 1.82) is 0 Å². The molecule has 0 spiro atoms. The standard InChI is InChI=1S/C44H48F2N6O2/c1-8-44(33-24(2)48-50-38(33)47-29-20-40(3,4)22-31(53)34(29)44)27-14-16-28(17-15-27)52-30-21-41(5,6)23-32(54)35(30)42(7,26-12-10-9-11-13-26)36-37(49-51-39(36)52)25-18-43(45,46)19-25/h9-17,25H,8,18-23H2,1-7H3,(H,49,51)(H2,47,48,50)/t42-,44-/m0/s1. The lowest BCUT2D eigenvalue weighted by Gasteiger charge is -2.48. The maximum absolute atomic E-state index is 14.6. The quantitative estimate of drug-likeness (QED) is 0.189. The minimum atomic E-state index is -2.73. The molecule has 1 saturated carbocycles. The molecule has 4 heterocycles. The molecule has 54 heavy (non-hydrogen) atoms. The second-order valence-electron chi connectivity index (χ2n) is 18.2. The maximum atomic E-state index is 14.6. The van der Waals surface area contributed by atoms with E-state index in [9.17, 15) is 18.4 Å². The van der Waals surface area contributed by atoms with Crippen LogP contribution >= 0.6 is 0 Å². The molecule has 4 aromatic rings. The molecule has 2 aromatic heterocycles. The predicted molar refractivity (Wildman–Crippen MR) is 205 cm³/mol. The van der Waals surface area contributed by atoms with Crippen molar-refractivity contribution in [2.24, 2.45) is 10.8 Å². The number of halogens is 2. The summed E-state index contributed by atoms with van der Waals surface area (Å²) in [7, 11) is 0. The van der Waals surface area contributed by atoms with Crippen LogP contribution in [0.2, 0.25) is 0 Å². The Labute approximate surface area is 314 Å². The molecule has 280 valence electrons. The number of allylic oxidation sites excluding steroid dienone is 4. The van der Waals surface area contributed by atoms with Crippen molar-refractivity contribution in [3.63, 3.8) is 0 Å². The van der Waals surface area contributed by atoms with Crippen LogP contribution in [0.15, 0.2) is 77.1 Å². The first-order valence-corrected chi connectivity index (χ1v) is 19.3. The number of rotatable bonds is 5. The Morgan fingerprint density at radius 3 is 2.07 bits per heavy atom. The molecule has 0 bridgehead atoms. The third kappa shape index (κ3) is 4.83. The van der Waals surface area contributed by atoms with Gasteiger partial charge in [-0.05, 0) is 67.2 Å². The minimum absolute atomic E-state index is 0.0618. The number of nitrogens with zero attached hydrogens (tertiary/aromatic N) is 3. The molecule has 3 N–H and O–H groups in total. The number of ketones is 2. The van der Waals surface area contributed by atoms with Crippen LogP contribution in [0, 0.1) is 17.8 Å². The minimum Gasteiger partial charge on any atom is -0.342 e. The van der Waals surface area contributed by atoms with Crippen molar-refractivity contribution in [2.75, 3.05) is 10.2 Å². The molecule has 8 nitrogen and oxygen atoms in total. The molecule has 0 amide bonds. The Morgan fingerprint density at radius 2 is 1.43 bits per heavy atom. The number of alkyl halides is 2. The molecule has 9 rings (SSSR count). The van der Waals surface area contributed by atoms with Gasteiger partial charge in [0, 0.05) is 82.3 Å². The number of H-pyrrole nitrogens is 2. The molecule has 2 aromatic carbocycles. The van der Waals surface area contributed by atoms with Gasteiger partial charge in [-0.1, -0.05) is 77.1 Å². The number of anilines is 3. The van der Waals surface area contributed by atoms with Gasteiger partial charge in [-0.25, -0.2) is 8.78 Å². The second kappa shape index (κ2) is 11.3. The summed E-state index contributed by atoms with van der Waals surface area (Å²) >= 11 is 0. The Hall–Kier alpha value is -4.86. The highest BCUT2D eigenvalue weighted by molar-refractivity contribution is 6.05. The fourth-order valence-electron chi connectivity index (χ4n) is 10.8. The number of Topliss-reactive ketones (excluding diaryl/α,β-unsaturated/α-hetero) is 2. The molecular weight excluding hydrogens is 683 g/mol. The van der Waals surface area contributed by atoms with E-state index in [0.717, 1.165) is 62.8 Å². The second-order valence-corrected chi connectivity index (χ2v) is 18.2. The van der Waals surface area contributed by atoms with Crippen molar-refractivity contribution in [2.45, 2.75) is 116 Å². The summed E-state index contributed by atoms with van der Waals surface area (Å²) in [6.07, 6.45) is 2.35. The van der Waals surface area contributed by atoms with Crippen LogP contribution in [0.4, 0.5) is 26.1 Å². The van der Waals surface area contributed by atoms with Gasteiger partial charge in [0.15, 0.2) is 23.2 Å². The normalized spacial score (nSPS) is 26.8. The number of nitrogens with one attached hydrogen (secondary N) is 3. The van der Waals surface area contributed by atoms with E-state index in [1.807, 2.05) is 37.3 Å². The maximum Gasteiger partial charge on any atom is 0.249 e. The third-order valence-corrected chi connectivity index (χ3v) is 13.1. The van der Waals surface area contributed by atoms with Crippen molar-refractivity contribution in [3.05, 3.63) is 111 Å². The first kappa shape index (κ1) is 34.9. The van der Waals surface area contributed by atoms with E-state index in [2.05, 4.69) is 91.3 Å². The molecule has 10 heteroatoms. The smallest absolute Gasteiger partial charge is 0.249 e. The number of benzene rings is 2. The van der Waals surface area contributed by atoms with Gasteiger partial charge < -0.3 is 5.32 Å². The zero-order valence-corrected chi connectivity index (χ0v) is 32.1. The molecule has 1 fully saturated rings. The van der Waals surface area contributed by atoms with E-state index in [1.54, 1.807) is 0 Å². The molecule has 2 aliphatic heterocycles. The summed E-state index contributed by atoms with van der Waals surface area (Å²) < 4.78 is 28.9. The van der Waals surface area contributed by atoms with Gasteiger partial charge >= 0.3 is 0 Å². The van der Waals surface area contributed by atoms with Crippen molar-refractivity contribution in [3.8, 4) is 0 Å². The zero-order valence-electron chi connectivity index (χ0n) is 32.1. The monoisotopic (exact) mass is 730 g/mol. The van der Waals surface area contributed by atoms with Crippen molar-refractivity contribution in [1.82, 2.24) is 20.4 Å². The fourth-order valence-corrected chi connectivity index (χ4v) is 10.8. The van der Waals surface area contributed by atoms with Crippen LogP contribution < -0.4 is 10.2 Å². The fraction of sp³-hybridized carbons (Fsp3) is 0.455. The Bertz CT molecular complexity index is 2300. The van der Waals surface area contributed by atoms with E-state index in [0.29, 0.717) is 42.8 Å². The average molecular weight is 731 g/mol. The van der Waals surface area contributed by atoms with Crippen molar-refractivity contribution >= 4 is 28.9 Å². The lowest BCUT2D eigenvalue weighted by molar-refractivity contribution is -0.119. The average Bonchev–Trinajstić information content (AvgIpc) is 3.70. The lowest BCUT2D eigenvalue weighted by Crippen LogP contribution is -2.45. The molecule has 2 atom stereocenters. The SMILES string of the molecule is CC[C@@]1(c2ccc(N3C4=C(C(=O)CC(C)(C)C4)[C@](C)(c4ccccc4)c4c3n[nH]c4C3CC(F)(F)C3)cc2)C2=C(CC(C)(C)CC2=O)Nc2n[nH]c(C)c21. The summed E-state index contributed by atoms with van der Waals surface area (Å²) in [6, 6.07) is 18.3. The molecule has 5 aliphatic rings. The number of fused-ring (bicyclic) bond motifs is 2. The number of aryl methyl sites for hydroxylation is 1. The van der Waals surface area contributed by atoms with E-state index in [-0.39, 0.29) is 35.2 Å². The van der Waals surface area contributed by atoms with Gasteiger partial charge in [-0.2, -0.15) is 10.2 Å². The largest absolute Gasteiger partial charge is 0.342 e. The summed E-state index contributed by atoms with van der Waals surface area (Å²) in [5.41, 5.74) is 7.32. The van der Waals surface area contributed by atoms with Crippen LogP contribution in [0.1, 0.15) is 126 Å². The zero-order chi connectivity index (χ0) is 38.2. The molecule has 3 aliphatic carbocycles. The van der Waals surface area contributed by atoms with E-state index in [1.165, 1.54) is 0 Å². The van der Waals surface area contributed by atoms with Gasteiger partial charge in [-0.3, -0.25) is 24.7 Å². The van der Waals surface area contributed by atoms with Gasteiger partial charge in [0.05, 0.1) is 10.8 Å². The number of carbonyl (C=O) groups excluding carboxylic acids is 2. The van der Waals surface area contributed by atoms with Crippen LogP contribution in [0.25, 0.3) is 0 Å². The van der Waals surface area contributed by atoms with Gasteiger partial charge in [0.1, 0.15) is 0 Å². The van der Waals surface area contributed by atoms with Gasteiger partial charge in [0.2, 0.25) is 5.92 Å². The van der Waals surface area contributed by atoms with Crippen LogP contribution in [0.5, 0.6) is 0 Å². The van der Waals surface area contributed by atoms with Crippen LogP contribution in [-0.4, -0.2) is 37.9 Å². The summed E-state index contributed by atoms with van der Waals surface area (Å²) in [4.78, 5) is 30.9. The third-order valence-electron chi connectivity index (χ3n) is 13.1. The number of carbonyl (C=O) groups is 2. The molecule has 0 saturated heterocycles. The molecule has 0 radical (unpaired) electrons. The highest BCUT2D eigenvalue weighted by Crippen LogP contribution is 2.61. The Kier molecular flexibility index (Phi) is 7.32. The predicted octanol–water partition coefficient (Wildman–Crippen LogP) is 9.82. The summed E-state index contributed by atoms with van der Waals surface area (Å²) in [6.45, 7) is 14.7.